The van der Waals surface area contributed by atoms with E-state index < -0.39 is 10.9 Å². The molecule has 0 saturated heterocycles. The molecule has 1 aromatic rings. The van der Waals surface area contributed by atoms with Gasteiger partial charge in [0.1, 0.15) is 0 Å². The molecule has 1 aromatic carbocycles. The highest BCUT2D eigenvalue weighted by atomic mass is 16.6. The average molecular weight is 318 g/mol. The summed E-state index contributed by atoms with van der Waals surface area (Å²) >= 11 is 0. The van der Waals surface area contributed by atoms with E-state index in [1.165, 1.54) is 18.2 Å². The second kappa shape index (κ2) is 7.53. The summed E-state index contributed by atoms with van der Waals surface area (Å²) in [5, 5.41) is 13.6. The van der Waals surface area contributed by atoms with Crippen LogP contribution in [0.4, 0.5) is 5.69 Å². The predicted molar refractivity (Wildman–Crippen MR) is 83.4 cm³/mol. The maximum absolute atomic E-state index is 11.6. The first-order chi connectivity index (χ1) is 11.0. The van der Waals surface area contributed by atoms with Crippen molar-refractivity contribution < 1.29 is 19.2 Å². The number of nitrogens with one attached hydrogen (secondary N) is 1. The van der Waals surface area contributed by atoms with E-state index in [1.54, 1.807) is 12.1 Å². The highest BCUT2D eigenvalue weighted by Crippen LogP contribution is 2.32. The minimum Gasteiger partial charge on any atom is -0.452 e. The van der Waals surface area contributed by atoms with Crippen LogP contribution in [-0.4, -0.2) is 29.4 Å². The molecule has 122 valence electrons. The van der Waals surface area contributed by atoms with Crippen LogP contribution in [0.25, 0.3) is 6.08 Å². The second-order valence-corrected chi connectivity index (χ2v) is 5.45. The predicted octanol–water partition coefficient (Wildman–Crippen LogP) is 2.07. The molecule has 0 heterocycles. The lowest BCUT2D eigenvalue weighted by Crippen LogP contribution is -2.36. The lowest BCUT2D eigenvalue weighted by Gasteiger charge is -2.12. The van der Waals surface area contributed by atoms with Crippen LogP contribution in [0.1, 0.15) is 25.3 Å². The monoisotopic (exact) mass is 318 g/mol. The number of benzene rings is 1. The van der Waals surface area contributed by atoms with Gasteiger partial charge < -0.3 is 10.1 Å². The molecule has 7 nitrogen and oxygen atoms in total. The quantitative estimate of drug-likeness (QED) is 0.359. The summed E-state index contributed by atoms with van der Waals surface area (Å²) in [5.41, 5.74) is 0.189. The zero-order valence-corrected chi connectivity index (χ0v) is 12.7. The van der Waals surface area contributed by atoms with Crippen molar-refractivity contribution in [1.82, 2.24) is 5.32 Å². The summed E-state index contributed by atoms with van der Waals surface area (Å²) in [4.78, 5) is 33.5. The topological polar surface area (TPSA) is 98.5 Å². The summed E-state index contributed by atoms with van der Waals surface area (Å²) in [6.45, 7) is 1.56. The van der Waals surface area contributed by atoms with Crippen molar-refractivity contribution in [3.63, 3.8) is 0 Å². The SMILES string of the molecule is C[C@H](NC(=O)COC(=O)/C=C/c1ccccc1[N+](=O)[O-])C1CC1. The Morgan fingerprint density at radius 1 is 1.43 bits per heavy atom. The van der Waals surface area contributed by atoms with Gasteiger partial charge >= 0.3 is 5.97 Å². The van der Waals surface area contributed by atoms with Crippen molar-refractivity contribution in [2.24, 2.45) is 5.92 Å². The molecule has 7 heteroatoms. The zero-order chi connectivity index (χ0) is 16.8. The molecule has 2 rings (SSSR count). The summed E-state index contributed by atoms with van der Waals surface area (Å²) < 4.78 is 4.82. The van der Waals surface area contributed by atoms with Gasteiger partial charge in [-0.05, 0) is 37.8 Å². The first kappa shape index (κ1) is 16.7. The summed E-state index contributed by atoms with van der Waals surface area (Å²) in [6.07, 6.45) is 4.59. The van der Waals surface area contributed by atoms with Crippen LogP contribution in [0.3, 0.4) is 0 Å². The third-order valence-electron chi connectivity index (χ3n) is 3.60. The molecule has 0 aliphatic heterocycles. The van der Waals surface area contributed by atoms with Gasteiger partial charge in [-0.15, -0.1) is 0 Å². The number of nitrogens with zero attached hydrogens (tertiary/aromatic N) is 1. The molecule has 1 aliphatic carbocycles. The maximum Gasteiger partial charge on any atom is 0.331 e. The molecule has 1 aliphatic rings. The molecule has 23 heavy (non-hydrogen) atoms. The van der Waals surface area contributed by atoms with E-state index in [4.69, 9.17) is 4.74 Å². The van der Waals surface area contributed by atoms with Crippen molar-refractivity contribution in [2.45, 2.75) is 25.8 Å². The van der Waals surface area contributed by atoms with Crippen LogP contribution in [0.2, 0.25) is 0 Å². The Morgan fingerprint density at radius 3 is 2.78 bits per heavy atom. The van der Waals surface area contributed by atoms with Gasteiger partial charge in [-0.1, -0.05) is 12.1 Å². The van der Waals surface area contributed by atoms with Crippen molar-refractivity contribution in [2.75, 3.05) is 6.61 Å². The summed E-state index contributed by atoms with van der Waals surface area (Å²) in [5.74, 6) is -0.553. The van der Waals surface area contributed by atoms with E-state index in [9.17, 15) is 19.7 Å². The fourth-order valence-corrected chi connectivity index (χ4v) is 2.15. The highest BCUT2D eigenvalue weighted by Gasteiger charge is 2.28. The van der Waals surface area contributed by atoms with Crippen molar-refractivity contribution >= 4 is 23.6 Å². The second-order valence-electron chi connectivity index (χ2n) is 5.45. The van der Waals surface area contributed by atoms with E-state index in [2.05, 4.69) is 5.32 Å². The lowest BCUT2D eigenvalue weighted by molar-refractivity contribution is -0.385. The van der Waals surface area contributed by atoms with Crippen molar-refractivity contribution in [3.05, 3.63) is 46.0 Å². The summed E-state index contributed by atoms with van der Waals surface area (Å²) in [6, 6.07) is 6.12. The van der Waals surface area contributed by atoms with Gasteiger partial charge in [0.25, 0.3) is 11.6 Å². The van der Waals surface area contributed by atoms with E-state index in [1.807, 2.05) is 6.92 Å². The normalized spacial score (nSPS) is 15.2. The van der Waals surface area contributed by atoms with Gasteiger partial charge in [0, 0.05) is 18.2 Å². The van der Waals surface area contributed by atoms with Crippen LogP contribution in [0.5, 0.6) is 0 Å². The zero-order valence-electron chi connectivity index (χ0n) is 12.7. The third kappa shape index (κ3) is 5.21. The minimum atomic E-state index is -0.725. The maximum atomic E-state index is 11.6. The molecule has 0 bridgehead atoms. The number of amides is 1. The standard InChI is InChI=1S/C16H18N2O5/c1-11(12-6-7-12)17-15(19)10-23-16(20)9-8-13-4-2-3-5-14(13)18(21)22/h2-5,8-9,11-12H,6-7,10H2,1H3,(H,17,19)/b9-8+/t11-/m0/s1. The van der Waals surface area contributed by atoms with Crippen LogP contribution in [0.15, 0.2) is 30.3 Å². The smallest absolute Gasteiger partial charge is 0.331 e. The molecule has 0 spiro atoms. The first-order valence-corrected chi connectivity index (χ1v) is 7.35. The van der Waals surface area contributed by atoms with Gasteiger partial charge in [0.05, 0.1) is 10.5 Å². The largest absolute Gasteiger partial charge is 0.452 e. The number of nitro benzene ring substituents is 1. The van der Waals surface area contributed by atoms with Crippen LogP contribution in [-0.2, 0) is 14.3 Å². The highest BCUT2D eigenvalue weighted by molar-refractivity contribution is 5.89. The number of hydrogen-bond acceptors (Lipinski definition) is 5. The van der Waals surface area contributed by atoms with Crippen LogP contribution < -0.4 is 5.32 Å². The Kier molecular flexibility index (Phi) is 5.46. The number of esters is 1. The average Bonchev–Trinajstić information content (AvgIpc) is 3.36. The Morgan fingerprint density at radius 2 is 2.13 bits per heavy atom. The Labute approximate surface area is 133 Å². The summed E-state index contributed by atoms with van der Waals surface area (Å²) in [7, 11) is 0. The molecular formula is C16H18N2O5. The van der Waals surface area contributed by atoms with Gasteiger partial charge in [-0.3, -0.25) is 14.9 Å². The molecule has 0 aromatic heterocycles. The van der Waals surface area contributed by atoms with Crippen LogP contribution in [0, 0.1) is 16.0 Å². The molecule has 1 atom stereocenters. The van der Waals surface area contributed by atoms with Gasteiger partial charge in [-0.2, -0.15) is 0 Å². The molecular weight excluding hydrogens is 300 g/mol. The first-order valence-electron chi connectivity index (χ1n) is 7.35. The molecule has 1 saturated carbocycles. The number of para-hydroxylation sites is 1. The van der Waals surface area contributed by atoms with Crippen molar-refractivity contribution in [3.8, 4) is 0 Å². The van der Waals surface area contributed by atoms with Gasteiger partial charge in [-0.25, -0.2) is 4.79 Å². The number of rotatable bonds is 7. The molecule has 1 fully saturated rings. The molecule has 0 radical (unpaired) electrons. The molecule has 0 unspecified atom stereocenters. The van der Waals surface area contributed by atoms with Gasteiger partial charge in [0.2, 0.25) is 0 Å². The van der Waals surface area contributed by atoms with Crippen LogP contribution >= 0.6 is 0 Å². The lowest BCUT2D eigenvalue weighted by atomic mass is 10.1. The molecule has 1 amide bonds. The van der Waals surface area contributed by atoms with E-state index in [0.29, 0.717) is 11.5 Å². The molecule has 1 N–H and O–H groups in total. The Balaban J connectivity index is 1.82. The van der Waals surface area contributed by atoms with Gasteiger partial charge in [0.15, 0.2) is 6.61 Å². The van der Waals surface area contributed by atoms with E-state index >= 15 is 0 Å². The fraction of sp³-hybridized carbons (Fsp3) is 0.375. The minimum absolute atomic E-state index is 0.0868. The number of ether oxygens (including phenoxy) is 1. The Bertz CT molecular complexity index is 637. The number of carbonyl (C=O) groups excluding carboxylic acids is 2. The van der Waals surface area contributed by atoms with E-state index in [-0.39, 0.29) is 24.2 Å². The van der Waals surface area contributed by atoms with E-state index in [0.717, 1.165) is 18.9 Å². The number of nitro groups is 1. The fourth-order valence-electron chi connectivity index (χ4n) is 2.15. The Hall–Kier alpha value is -2.70. The third-order valence-corrected chi connectivity index (χ3v) is 3.60. The van der Waals surface area contributed by atoms with Crippen molar-refractivity contribution in [1.29, 1.82) is 0 Å². The number of hydrogen-bond donors (Lipinski definition) is 1. The number of carbonyl (C=O) groups is 2.